The minimum Gasteiger partial charge on any atom is -0.493 e. The van der Waals surface area contributed by atoms with Gasteiger partial charge in [-0.05, 0) is 36.1 Å². The molecule has 4 rings (SSSR count). The van der Waals surface area contributed by atoms with E-state index in [1.165, 1.54) is 0 Å². The van der Waals surface area contributed by atoms with E-state index in [0.29, 0.717) is 18.3 Å². The fourth-order valence-electron chi connectivity index (χ4n) is 3.23. The molecular formula is C21H23NO3S. The van der Waals surface area contributed by atoms with Crippen molar-refractivity contribution in [1.29, 1.82) is 0 Å². The van der Waals surface area contributed by atoms with Gasteiger partial charge in [0.05, 0.1) is 7.11 Å². The number of nitrogens with zero attached hydrogens (tertiary/aromatic N) is 1. The Bertz CT molecular complexity index is 776. The Morgan fingerprint density at radius 2 is 1.96 bits per heavy atom. The summed E-state index contributed by atoms with van der Waals surface area (Å²) < 4.78 is 11.5. The Balaban J connectivity index is 1.54. The van der Waals surface area contributed by atoms with Crippen molar-refractivity contribution in [1.82, 2.24) is 4.90 Å². The highest BCUT2D eigenvalue weighted by Crippen LogP contribution is 2.44. The van der Waals surface area contributed by atoms with Crippen LogP contribution in [-0.4, -0.2) is 30.2 Å². The molecule has 1 unspecified atom stereocenters. The number of carbonyl (C=O) groups excluding carboxylic acids is 1. The first-order valence-electron chi connectivity index (χ1n) is 9.03. The number of benzene rings is 2. The zero-order valence-electron chi connectivity index (χ0n) is 14.9. The summed E-state index contributed by atoms with van der Waals surface area (Å²) in [6.07, 6.45) is 2.08. The quantitative estimate of drug-likeness (QED) is 0.763. The normalized spacial score (nSPS) is 19.4. The highest BCUT2D eigenvalue weighted by Gasteiger charge is 2.39. The van der Waals surface area contributed by atoms with Gasteiger partial charge in [-0.25, -0.2) is 0 Å². The van der Waals surface area contributed by atoms with Crippen LogP contribution >= 0.6 is 11.8 Å². The van der Waals surface area contributed by atoms with E-state index in [9.17, 15) is 4.79 Å². The minimum atomic E-state index is 0.0769. The predicted octanol–water partition coefficient (Wildman–Crippen LogP) is 4.26. The van der Waals surface area contributed by atoms with Crippen molar-refractivity contribution in [2.45, 2.75) is 24.8 Å². The van der Waals surface area contributed by atoms with Crippen molar-refractivity contribution in [2.75, 3.05) is 19.4 Å². The maximum absolute atomic E-state index is 12.6. The summed E-state index contributed by atoms with van der Waals surface area (Å²) >= 11 is 1.82. The Labute approximate surface area is 158 Å². The van der Waals surface area contributed by atoms with Gasteiger partial charge in [0.1, 0.15) is 12.0 Å². The highest BCUT2D eigenvalue weighted by atomic mass is 32.2. The van der Waals surface area contributed by atoms with E-state index >= 15 is 0 Å². The molecule has 1 atom stereocenters. The Morgan fingerprint density at radius 3 is 2.69 bits per heavy atom. The van der Waals surface area contributed by atoms with Gasteiger partial charge in [0.2, 0.25) is 5.91 Å². The van der Waals surface area contributed by atoms with E-state index < -0.39 is 0 Å². The molecule has 5 heteroatoms. The van der Waals surface area contributed by atoms with Gasteiger partial charge in [0.15, 0.2) is 11.5 Å². The van der Waals surface area contributed by atoms with E-state index in [1.807, 2.05) is 65.2 Å². The molecule has 0 N–H and O–H groups in total. The predicted molar refractivity (Wildman–Crippen MR) is 103 cm³/mol. The van der Waals surface area contributed by atoms with E-state index in [-0.39, 0.29) is 11.3 Å². The average molecular weight is 369 g/mol. The van der Waals surface area contributed by atoms with Gasteiger partial charge >= 0.3 is 0 Å². The number of rotatable bonds is 6. The molecule has 0 spiro atoms. The molecule has 1 aliphatic carbocycles. The molecule has 2 fully saturated rings. The van der Waals surface area contributed by atoms with E-state index in [0.717, 1.165) is 42.0 Å². The molecule has 1 amide bonds. The van der Waals surface area contributed by atoms with E-state index in [1.54, 1.807) is 7.11 Å². The monoisotopic (exact) mass is 369 g/mol. The van der Waals surface area contributed by atoms with Gasteiger partial charge in [-0.2, -0.15) is 0 Å². The van der Waals surface area contributed by atoms with Crippen molar-refractivity contribution < 1.29 is 14.3 Å². The molecule has 0 radical (unpaired) electrons. The second-order valence-corrected chi connectivity index (χ2v) is 7.90. The fraction of sp³-hybridized carbons (Fsp3) is 0.381. The van der Waals surface area contributed by atoms with Crippen molar-refractivity contribution in [3.8, 4) is 11.5 Å². The van der Waals surface area contributed by atoms with Crippen molar-refractivity contribution in [3.63, 3.8) is 0 Å². The summed E-state index contributed by atoms with van der Waals surface area (Å²) in [5.74, 6) is 2.98. The Morgan fingerprint density at radius 1 is 1.15 bits per heavy atom. The number of methoxy groups -OCH3 is 1. The molecule has 2 aliphatic rings. The van der Waals surface area contributed by atoms with Crippen LogP contribution in [0.5, 0.6) is 11.5 Å². The van der Waals surface area contributed by atoms with Gasteiger partial charge in [-0.3, -0.25) is 4.79 Å². The largest absolute Gasteiger partial charge is 0.493 e. The van der Waals surface area contributed by atoms with E-state index in [2.05, 4.69) is 0 Å². The highest BCUT2D eigenvalue weighted by molar-refractivity contribution is 7.99. The van der Waals surface area contributed by atoms with E-state index in [4.69, 9.17) is 9.47 Å². The number of ether oxygens (including phenoxy) is 2. The molecule has 1 heterocycles. The second-order valence-electron chi connectivity index (χ2n) is 6.71. The lowest BCUT2D eigenvalue weighted by Crippen LogP contribution is -2.31. The van der Waals surface area contributed by atoms with Crippen LogP contribution in [-0.2, 0) is 11.4 Å². The third kappa shape index (κ3) is 3.68. The molecule has 136 valence electrons. The molecule has 4 nitrogen and oxygen atoms in total. The standard InChI is InChI=1S/C21H23NO3S/c1-24-18-10-9-17(13-19(18)25-14-15-5-3-2-4-6-15)21-22(11-12-26-21)20(23)16-7-8-16/h2-6,9-10,13,16,21H,7-8,11-12,14H2,1H3. The SMILES string of the molecule is COc1ccc(C2SCCN2C(=O)C2CC2)cc1OCc1ccccc1. The van der Waals surface area contributed by atoms with Crippen LogP contribution in [0.15, 0.2) is 48.5 Å². The summed E-state index contributed by atoms with van der Waals surface area (Å²) in [7, 11) is 1.65. The van der Waals surface area contributed by atoms with Gasteiger partial charge in [0.25, 0.3) is 0 Å². The number of amides is 1. The Kier molecular flexibility index (Phi) is 5.07. The van der Waals surface area contributed by atoms with Gasteiger partial charge in [-0.1, -0.05) is 36.4 Å². The smallest absolute Gasteiger partial charge is 0.226 e. The fourth-order valence-corrected chi connectivity index (χ4v) is 4.49. The molecule has 26 heavy (non-hydrogen) atoms. The molecule has 2 aromatic rings. The van der Waals surface area contributed by atoms with Crippen LogP contribution in [0, 0.1) is 5.92 Å². The van der Waals surface area contributed by atoms with Crippen LogP contribution in [0.1, 0.15) is 29.3 Å². The van der Waals surface area contributed by atoms with Crippen LogP contribution < -0.4 is 9.47 Å². The number of carbonyl (C=O) groups is 1. The first-order chi connectivity index (χ1) is 12.8. The second kappa shape index (κ2) is 7.62. The maximum Gasteiger partial charge on any atom is 0.226 e. The topological polar surface area (TPSA) is 38.8 Å². The van der Waals surface area contributed by atoms with Crippen molar-refractivity contribution >= 4 is 17.7 Å². The summed E-state index contributed by atoms with van der Waals surface area (Å²) in [6, 6.07) is 16.1. The van der Waals surface area contributed by atoms with Gasteiger partial charge in [0, 0.05) is 18.2 Å². The summed E-state index contributed by atoms with van der Waals surface area (Å²) in [5, 5.41) is 0.0769. The average Bonchev–Trinajstić information content (AvgIpc) is 3.43. The third-order valence-electron chi connectivity index (χ3n) is 4.81. The Hall–Kier alpha value is -2.14. The maximum atomic E-state index is 12.6. The zero-order valence-corrected chi connectivity index (χ0v) is 15.7. The number of hydrogen-bond acceptors (Lipinski definition) is 4. The molecule has 1 aliphatic heterocycles. The van der Waals surface area contributed by atoms with Crippen molar-refractivity contribution in [2.24, 2.45) is 5.92 Å². The van der Waals surface area contributed by atoms with Crippen LogP contribution in [0.2, 0.25) is 0 Å². The number of hydrogen-bond donors (Lipinski definition) is 0. The van der Waals surface area contributed by atoms with Crippen molar-refractivity contribution in [3.05, 3.63) is 59.7 Å². The van der Waals surface area contributed by atoms with Gasteiger partial charge < -0.3 is 14.4 Å². The first kappa shape index (κ1) is 17.3. The first-order valence-corrected chi connectivity index (χ1v) is 10.1. The lowest BCUT2D eigenvalue weighted by Gasteiger charge is -2.25. The molecular weight excluding hydrogens is 346 g/mol. The van der Waals surface area contributed by atoms with Gasteiger partial charge in [-0.15, -0.1) is 11.8 Å². The van der Waals surface area contributed by atoms with Crippen LogP contribution in [0.3, 0.4) is 0 Å². The van der Waals surface area contributed by atoms with Crippen LogP contribution in [0.25, 0.3) is 0 Å². The third-order valence-corrected chi connectivity index (χ3v) is 6.07. The molecule has 1 saturated carbocycles. The summed E-state index contributed by atoms with van der Waals surface area (Å²) in [4.78, 5) is 14.6. The molecule has 0 bridgehead atoms. The zero-order chi connectivity index (χ0) is 17.9. The molecule has 2 aromatic carbocycles. The summed E-state index contributed by atoms with van der Waals surface area (Å²) in [5.41, 5.74) is 2.21. The molecule has 1 saturated heterocycles. The lowest BCUT2D eigenvalue weighted by molar-refractivity contribution is -0.132. The van der Waals surface area contributed by atoms with Crippen LogP contribution in [0.4, 0.5) is 0 Å². The minimum absolute atomic E-state index is 0.0769. The molecule has 0 aromatic heterocycles. The lowest BCUT2D eigenvalue weighted by atomic mass is 10.1. The number of thioether (sulfide) groups is 1. The summed E-state index contributed by atoms with van der Waals surface area (Å²) in [6.45, 7) is 1.32.